The lowest BCUT2D eigenvalue weighted by Crippen LogP contribution is -2.54. The van der Waals surface area contributed by atoms with Gasteiger partial charge in [-0.1, -0.05) is 11.6 Å². The molecule has 0 bridgehead atoms. The summed E-state index contributed by atoms with van der Waals surface area (Å²) >= 11 is 5.45. The van der Waals surface area contributed by atoms with Crippen LogP contribution in [0.2, 0.25) is 5.02 Å². The molecule has 0 spiro atoms. The Balaban J connectivity index is 2.93. The van der Waals surface area contributed by atoms with Crippen molar-refractivity contribution in [3.8, 4) is 0 Å². The first-order valence-electron chi connectivity index (χ1n) is 5.63. The summed E-state index contributed by atoms with van der Waals surface area (Å²) in [4.78, 5) is 22.7. The molecular formula is C12H10ClF4NO4. The summed E-state index contributed by atoms with van der Waals surface area (Å²) in [6.07, 6.45) is -7.05. The van der Waals surface area contributed by atoms with Crippen molar-refractivity contribution >= 4 is 29.2 Å². The number of methoxy groups -OCH3 is 1. The van der Waals surface area contributed by atoms with Gasteiger partial charge in [-0.2, -0.15) is 13.2 Å². The first kappa shape index (κ1) is 18.2. The molecule has 0 radical (unpaired) electrons. The molecule has 10 heteroatoms. The molecule has 0 saturated heterocycles. The Kier molecular flexibility index (Phi) is 5.36. The first-order chi connectivity index (χ1) is 10.0. The molecule has 2 N–H and O–H groups in total. The van der Waals surface area contributed by atoms with E-state index in [1.165, 1.54) is 0 Å². The fourth-order valence-electron chi connectivity index (χ4n) is 1.47. The van der Waals surface area contributed by atoms with E-state index in [1.807, 2.05) is 5.32 Å². The molecule has 0 aliphatic carbocycles. The molecule has 1 unspecified atom stereocenters. The SMILES string of the molecule is COC(=O)C(O)(CC(=O)Nc1ccc(F)c(Cl)c1)C(F)(F)F. The minimum absolute atomic E-state index is 0.106. The molecule has 5 nitrogen and oxygen atoms in total. The van der Waals surface area contributed by atoms with Crippen molar-refractivity contribution in [3.05, 3.63) is 29.0 Å². The third-order valence-electron chi connectivity index (χ3n) is 2.61. The van der Waals surface area contributed by atoms with Crippen LogP contribution in [-0.2, 0) is 14.3 Å². The van der Waals surface area contributed by atoms with Crippen molar-refractivity contribution in [2.24, 2.45) is 0 Å². The van der Waals surface area contributed by atoms with Gasteiger partial charge in [-0.25, -0.2) is 9.18 Å². The summed E-state index contributed by atoms with van der Waals surface area (Å²) < 4.78 is 55.1. The summed E-state index contributed by atoms with van der Waals surface area (Å²) in [5.74, 6) is -4.15. The number of benzene rings is 1. The molecule has 122 valence electrons. The number of nitrogens with one attached hydrogen (secondary N) is 1. The van der Waals surface area contributed by atoms with Gasteiger partial charge in [-0.15, -0.1) is 0 Å². The number of ether oxygens (including phenoxy) is 1. The van der Waals surface area contributed by atoms with E-state index in [2.05, 4.69) is 4.74 Å². The zero-order chi connectivity index (χ0) is 17.1. The van der Waals surface area contributed by atoms with Crippen LogP contribution in [0.1, 0.15) is 6.42 Å². The van der Waals surface area contributed by atoms with Gasteiger partial charge in [0, 0.05) is 5.69 Å². The maximum absolute atomic E-state index is 12.9. The highest BCUT2D eigenvalue weighted by atomic mass is 35.5. The molecule has 1 atom stereocenters. The summed E-state index contributed by atoms with van der Waals surface area (Å²) in [5, 5.41) is 11.0. The molecule has 0 saturated carbocycles. The predicted octanol–water partition coefficient (Wildman–Crippen LogP) is 2.27. The van der Waals surface area contributed by atoms with Gasteiger partial charge < -0.3 is 15.2 Å². The van der Waals surface area contributed by atoms with Gasteiger partial charge in [0.25, 0.3) is 5.60 Å². The average Bonchev–Trinajstić information content (AvgIpc) is 2.40. The van der Waals surface area contributed by atoms with E-state index in [0.29, 0.717) is 7.11 Å². The molecule has 0 heterocycles. The van der Waals surface area contributed by atoms with Gasteiger partial charge in [0.05, 0.1) is 18.6 Å². The highest BCUT2D eigenvalue weighted by Crippen LogP contribution is 2.34. The summed E-state index contributed by atoms with van der Waals surface area (Å²) in [6.45, 7) is 0. The van der Waals surface area contributed by atoms with Gasteiger partial charge in [-0.05, 0) is 18.2 Å². The topological polar surface area (TPSA) is 75.6 Å². The quantitative estimate of drug-likeness (QED) is 0.649. The Morgan fingerprint density at radius 1 is 1.36 bits per heavy atom. The number of carbonyl (C=O) groups is 2. The van der Waals surface area contributed by atoms with Crippen LogP contribution in [0.3, 0.4) is 0 Å². The van der Waals surface area contributed by atoms with E-state index in [1.54, 1.807) is 0 Å². The molecule has 0 aliphatic heterocycles. The Morgan fingerprint density at radius 2 is 1.95 bits per heavy atom. The van der Waals surface area contributed by atoms with Crippen molar-refractivity contribution in [3.63, 3.8) is 0 Å². The number of anilines is 1. The van der Waals surface area contributed by atoms with Crippen LogP contribution in [0.15, 0.2) is 18.2 Å². The van der Waals surface area contributed by atoms with Gasteiger partial charge in [0.1, 0.15) is 5.82 Å². The Morgan fingerprint density at radius 3 is 2.41 bits per heavy atom. The molecule has 0 fully saturated rings. The highest BCUT2D eigenvalue weighted by Gasteiger charge is 2.61. The van der Waals surface area contributed by atoms with E-state index >= 15 is 0 Å². The van der Waals surface area contributed by atoms with E-state index in [-0.39, 0.29) is 10.7 Å². The van der Waals surface area contributed by atoms with Crippen LogP contribution in [0.5, 0.6) is 0 Å². The van der Waals surface area contributed by atoms with E-state index in [0.717, 1.165) is 18.2 Å². The standard InChI is InChI=1S/C12H10ClF4NO4/c1-22-10(20)11(21,12(15,16)17)5-9(19)18-6-2-3-8(14)7(13)4-6/h2-4,21H,5H2,1H3,(H,18,19). The Bertz CT molecular complexity index is 593. The Hall–Kier alpha value is -1.87. The predicted molar refractivity (Wildman–Crippen MR) is 67.7 cm³/mol. The molecule has 0 aromatic heterocycles. The number of rotatable bonds is 4. The zero-order valence-corrected chi connectivity index (χ0v) is 11.8. The van der Waals surface area contributed by atoms with Crippen LogP contribution in [0.25, 0.3) is 0 Å². The first-order valence-corrected chi connectivity index (χ1v) is 6.01. The lowest BCUT2D eigenvalue weighted by Gasteiger charge is -2.26. The van der Waals surface area contributed by atoms with Crippen LogP contribution >= 0.6 is 11.6 Å². The normalized spacial score (nSPS) is 14.1. The van der Waals surface area contributed by atoms with Gasteiger partial charge >= 0.3 is 12.1 Å². The molecule has 1 aromatic carbocycles. The Labute approximate surface area is 126 Å². The third kappa shape index (κ3) is 3.86. The van der Waals surface area contributed by atoms with E-state index < -0.39 is 35.9 Å². The molecule has 1 aromatic rings. The molecule has 1 rings (SSSR count). The number of hydrogen-bond acceptors (Lipinski definition) is 4. The lowest BCUT2D eigenvalue weighted by atomic mass is 9.98. The van der Waals surface area contributed by atoms with Crippen molar-refractivity contribution in [2.75, 3.05) is 12.4 Å². The minimum Gasteiger partial charge on any atom is -0.467 e. The number of aliphatic hydroxyl groups is 1. The van der Waals surface area contributed by atoms with E-state index in [9.17, 15) is 32.3 Å². The van der Waals surface area contributed by atoms with Crippen LogP contribution < -0.4 is 5.32 Å². The molecular weight excluding hydrogens is 334 g/mol. The van der Waals surface area contributed by atoms with Crippen LogP contribution in [-0.4, -0.2) is 35.9 Å². The van der Waals surface area contributed by atoms with Gasteiger partial charge in [-0.3, -0.25) is 4.79 Å². The molecule has 1 amide bonds. The molecule has 22 heavy (non-hydrogen) atoms. The fraction of sp³-hybridized carbons (Fsp3) is 0.333. The van der Waals surface area contributed by atoms with Gasteiger partial charge in [0.2, 0.25) is 5.91 Å². The summed E-state index contributed by atoms with van der Waals surface area (Å²) in [6, 6.07) is 2.89. The lowest BCUT2D eigenvalue weighted by molar-refractivity contribution is -0.261. The van der Waals surface area contributed by atoms with Crippen molar-refractivity contribution in [2.45, 2.75) is 18.2 Å². The number of esters is 1. The second-order valence-corrected chi connectivity index (χ2v) is 4.61. The second-order valence-electron chi connectivity index (χ2n) is 4.20. The van der Waals surface area contributed by atoms with Crippen molar-refractivity contribution in [1.29, 1.82) is 0 Å². The number of halogens is 5. The smallest absolute Gasteiger partial charge is 0.428 e. The van der Waals surface area contributed by atoms with Crippen LogP contribution in [0.4, 0.5) is 23.2 Å². The monoisotopic (exact) mass is 343 g/mol. The number of carbonyl (C=O) groups excluding carboxylic acids is 2. The third-order valence-corrected chi connectivity index (χ3v) is 2.90. The second kappa shape index (κ2) is 6.49. The largest absolute Gasteiger partial charge is 0.467 e. The van der Waals surface area contributed by atoms with Crippen LogP contribution in [0, 0.1) is 5.82 Å². The van der Waals surface area contributed by atoms with Crippen molar-refractivity contribution < 1.29 is 37.0 Å². The zero-order valence-electron chi connectivity index (χ0n) is 11.0. The number of amides is 1. The highest BCUT2D eigenvalue weighted by molar-refractivity contribution is 6.31. The summed E-state index contributed by atoms with van der Waals surface area (Å²) in [7, 11) is 0.636. The maximum atomic E-state index is 12.9. The molecule has 0 aliphatic rings. The minimum atomic E-state index is -5.42. The number of hydrogen-bond donors (Lipinski definition) is 2. The van der Waals surface area contributed by atoms with E-state index in [4.69, 9.17) is 11.6 Å². The number of alkyl halides is 3. The summed E-state index contributed by atoms with van der Waals surface area (Å²) in [5.41, 5.74) is -4.10. The van der Waals surface area contributed by atoms with Crippen molar-refractivity contribution in [1.82, 2.24) is 0 Å². The maximum Gasteiger partial charge on any atom is 0.428 e. The van der Waals surface area contributed by atoms with Gasteiger partial charge in [0.15, 0.2) is 0 Å². The fourth-order valence-corrected chi connectivity index (χ4v) is 1.65. The average molecular weight is 344 g/mol.